The van der Waals surface area contributed by atoms with Gasteiger partial charge in [-0.3, -0.25) is 0 Å². The average molecular weight is 346 g/mol. The molecule has 1 N–H and O–H groups in total. The van der Waals surface area contributed by atoms with Gasteiger partial charge in [-0.1, -0.05) is 12.1 Å². The van der Waals surface area contributed by atoms with E-state index in [-0.39, 0.29) is 0 Å². The SMILES string of the molecule is COc1ccc(C2Oc3c(ccc(OC)c3OC)CC2O)cc1OC. The van der Waals surface area contributed by atoms with E-state index in [4.69, 9.17) is 23.7 Å². The van der Waals surface area contributed by atoms with Crippen LogP contribution >= 0.6 is 0 Å². The van der Waals surface area contributed by atoms with Crippen molar-refractivity contribution in [2.45, 2.75) is 18.6 Å². The monoisotopic (exact) mass is 346 g/mol. The molecule has 2 aromatic carbocycles. The summed E-state index contributed by atoms with van der Waals surface area (Å²) in [5, 5.41) is 10.6. The van der Waals surface area contributed by atoms with Gasteiger partial charge < -0.3 is 28.8 Å². The fraction of sp³-hybridized carbons (Fsp3) is 0.368. The van der Waals surface area contributed by atoms with E-state index in [9.17, 15) is 5.11 Å². The van der Waals surface area contributed by atoms with Gasteiger partial charge >= 0.3 is 0 Å². The molecule has 25 heavy (non-hydrogen) atoms. The predicted octanol–water partition coefficient (Wildman–Crippen LogP) is 2.76. The summed E-state index contributed by atoms with van der Waals surface area (Å²) in [6.07, 6.45) is -0.786. The third-order valence-electron chi connectivity index (χ3n) is 4.34. The van der Waals surface area contributed by atoms with Crippen molar-refractivity contribution in [3.05, 3.63) is 41.5 Å². The lowest BCUT2D eigenvalue weighted by Gasteiger charge is -2.32. The maximum Gasteiger partial charge on any atom is 0.203 e. The van der Waals surface area contributed by atoms with Crippen LogP contribution in [0.5, 0.6) is 28.7 Å². The molecule has 0 aromatic heterocycles. The lowest BCUT2D eigenvalue weighted by atomic mass is 9.94. The highest BCUT2D eigenvalue weighted by Gasteiger charge is 2.33. The van der Waals surface area contributed by atoms with Crippen molar-refractivity contribution in [3.8, 4) is 28.7 Å². The van der Waals surface area contributed by atoms with Crippen molar-refractivity contribution in [1.82, 2.24) is 0 Å². The van der Waals surface area contributed by atoms with Crippen molar-refractivity contribution in [2.75, 3.05) is 28.4 Å². The Balaban J connectivity index is 2.01. The van der Waals surface area contributed by atoms with Gasteiger partial charge in [0.05, 0.1) is 34.5 Å². The van der Waals surface area contributed by atoms with E-state index < -0.39 is 12.2 Å². The molecule has 134 valence electrons. The largest absolute Gasteiger partial charge is 0.493 e. The zero-order valence-electron chi connectivity index (χ0n) is 14.7. The summed E-state index contributed by atoms with van der Waals surface area (Å²) in [6.45, 7) is 0. The predicted molar refractivity (Wildman–Crippen MR) is 92.2 cm³/mol. The first-order valence-corrected chi connectivity index (χ1v) is 7.93. The zero-order chi connectivity index (χ0) is 18.0. The Morgan fingerprint density at radius 3 is 2.20 bits per heavy atom. The molecule has 1 heterocycles. The molecule has 0 fully saturated rings. The second kappa shape index (κ2) is 7.11. The summed E-state index contributed by atoms with van der Waals surface area (Å²) in [6, 6.07) is 9.15. The van der Waals surface area contributed by atoms with Crippen molar-refractivity contribution in [2.24, 2.45) is 0 Å². The normalized spacial score (nSPS) is 18.8. The lowest BCUT2D eigenvalue weighted by Crippen LogP contribution is -2.30. The second-order valence-electron chi connectivity index (χ2n) is 5.71. The number of benzene rings is 2. The fourth-order valence-electron chi connectivity index (χ4n) is 3.09. The molecule has 0 aliphatic carbocycles. The van der Waals surface area contributed by atoms with Gasteiger partial charge in [0.25, 0.3) is 0 Å². The van der Waals surface area contributed by atoms with Gasteiger partial charge in [-0.05, 0) is 23.8 Å². The number of aliphatic hydroxyl groups excluding tert-OH is 1. The van der Waals surface area contributed by atoms with Crippen molar-refractivity contribution in [1.29, 1.82) is 0 Å². The number of aliphatic hydroxyl groups is 1. The van der Waals surface area contributed by atoms with Crippen molar-refractivity contribution in [3.63, 3.8) is 0 Å². The molecule has 6 heteroatoms. The highest BCUT2D eigenvalue weighted by molar-refractivity contribution is 5.57. The van der Waals surface area contributed by atoms with Crippen LogP contribution in [-0.4, -0.2) is 39.6 Å². The minimum Gasteiger partial charge on any atom is -0.493 e. The number of ether oxygens (including phenoxy) is 5. The molecule has 0 radical (unpaired) electrons. The Morgan fingerprint density at radius 2 is 1.56 bits per heavy atom. The van der Waals surface area contributed by atoms with Crippen LogP contribution in [0, 0.1) is 0 Å². The van der Waals surface area contributed by atoms with Gasteiger partial charge in [0.2, 0.25) is 5.75 Å². The van der Waals surface area contributed by atoms with E-state index in [0.717, 1.165) is 11.1 Å². The van der Waals surface area contributed by atoms with E-state index in [1.54, 1.807) is 34.5 Å². The van der Waals surface area contributed by atoms with Crippen LogP contribution in [0.3, 0.4) is 0 Å². The van der Waals surface area contributed by atoms with Gasteiger partial charge in [0.15, 0.2) is 29.1 Å². The summed E-state index contributed by atoms with van der Waals surface area (Å²) < 4.78 is 27.5. The van der Waals surface area contributed by atoms with Gasteiger partial charge in [-0.2, -0.15) is 0 Å². The topological polar surface area (TPSA) is 66.4 Å². The van der Waals surface area contributed by atoms with Crippen LogP contribution < -0.4 is 23.7 Å². The van der Waals surface area contributed by atoms with Crippen LogP contribution in [0.4, 0.5) is 0 Å². The van der Waals surface area contributed by atoms with Gasteiger partial charge in [0.1, 0.15) is 0 Å². The number of fused-ring (bicyclic) bond motifs is 1. The lowest BCUT2D eigenvalue weighted by molar-refractivity contribution is 0.0186. The molecule has 2 aromatic rings. The van der Waals surface area contributed by atoms with E-state index >= 15 is 0 Å². The molecule has 0 amide bonds. The minimum absolute atomic E-state index is 0.453. The van der Waals surface area contributed by atoms with Gasteiger partial charge in [-0.25, -0.2) is 0 Å². The summed E-state index contributed by atoms with van der Waals surface area (Å²) in [7, 11) is 6.30. The van der Waals surface area contributed by atoms with Gasteiger partial charge in [0, 0.05) is 12.0 Å². The second-order valence-corrected chi connectivity index (χ2v) is 5.71. The molecule has 3 rings (SSSR count). The minimum atomic E-state index is -0.691. The smallest absolute Gasteiger partial charge is 0.203 e. The number of rotatable bonds is 5. The molecular formula is C19H22O6. The third kappa shape index (κ3) is 3.05. The summed E-state index contributed by atoms with van der Waals surface area (Å²) >= 11 is 0. The highest BCUT2D eigenvalue weighted by Crippen LogP contribution is 2.46. The van der Waals surface area contributed by atoms with Crippen molar-refractivity contribution >= 4 is 0 Å². The fourth-order valence-corrected chi connectivity index (χ4v) is 3.09. The number of methoxy groups -OCH3 is 4. The molecule has 0 saturated heterocycles. The third-order valence-corrected chi connectivity index (χ3v) is 4.34. The van der Waals surface area contributed by atoms with Crippen LogP contribution in [0.1, 0.15) is 17.2 Å². The molecule has 0 bridgehead atoms. The first-order valence-electron chi connectivity index (χ1n) is 7.93. The molecule has 6 nitrogen and oxygen atoms in total. The Labute approximate surface area is 146 Å². The molecule has 0 spiro atoms. The summed E-state index contributed by atoms with van der Waals surface area (Å²) in [4.78, 5) is 0. The number of hydrogen-bond acceptors (Lipinski definition) is 6. The van der Waals surface area contributed by atoms with Crippen molar-refractivity contribution < 1.29 is 28.8 Å². The highest BCUT2D eigenvalue weighted by atomic mass is 16.5. The Bertz CT molecular complexity index is 758. The van der Waals surface area contributed by atoms with Crippen LogP contribution in [0.25, 0.3) is 0 Å². The first-order chi connectivity index (χ1) is 12.1. The maximum atomic E-state index is 10.6. The maximum absolute atomic E-state index is 10.6. The molecule has 2 unspecified atom stereocenters. The van der Waals surface area contributed by atoms with Crippen LogP contribution in [0.2, 0.25) is 0 Å². The van der Waals surface area contributed by atoms with E-state index in [0.29, 0.717) is 35.2 Å². The number of hydrogen-bond donors (Lipinski definition) is 1. The van der Waals surface area contributed by atoms with Gasteiger partial charge in [-0.15, -0.1) is 0 Å². The molecule has 1 aliphatic heterocycles. The van der Waals surface area contributed by atoms with Crippen LogP contribution in [0.15, 0.2) is 30.3 Å². The van der Waals surface area contributed by atoms with Crippen LogP contribution in [-0.2, 0) is 6.42 Å². The quantitative estimate of drug-likeness (QED) is 0.898. The standard InChI is InChI=1S/C19H22O6/c1-21-14-7-5-12(10-16(14)23-3)17-13(20)9-11-6-8-15(22-2)19(24-4)18(11)25-17/h5-8,10,13,17,20H,9H2,1-4H3. The molecule has 2 atom stereocenters. The van der Waals surface area contributed by atoms with E-state index in [2.05, 4.69) is 0 Å². The molecule has 1 aliphatic rings. The Morgan fingerprint density at radius 1 is 0.880 bits per heavy atom. The first kappa shape index (κ1) is 17.2. The summed E-state index contributed by atoms with van der Waals surface area (Å²) in [5.41, 5.74) is 1.67. The van der Waals surface area contributed by atoms with E-state index in [1.807, 2.05) is 24.3 Å². The Hall–Kier alpha value is -2.60. The molecular weight excluding hydrogens is 324 g/mol. The average Bonchev–Trinajstić information content (AvgIpc) is 2.65. The summed E-state index contributed by atoms with van der Waals surface area (Å²) in [5.74, 6) is 2.91. The molecule has 0 saturated carbocycles. The Kier molecular flexibility index (Phi) is 4.90. The zero-order valence-corrected chi connectivity index (χ0v) is 14.7. The van der Waals surface area contributed by atoms with E-state index in [1.165, 1.54) is 0 Å².